The van der Waals surface area contributed by atoms with Crippen LogP contribution < -0.4 is 10.2 Å². The van der Waals surface area contributed by atoms with Crippen molar-refractivity contribution in [1.29, 1.82) is 0 Å². The molecule has 9 heteroatoms. The van der Waals surface area contributed by atoms with E-state index in [1.807, 2.05) is 0 Å². The first-order valence-electron chi connectivity index (χ1n) is 9.58. The maximum atomic E-state index is 12.4. The third-order valence-electron chi connectivity index (χ3n) is 5.75. The number of rotatable bonds is 3. The summed E-state index contributed by atoms with van der Waals surface area (Å²) in [7, 11) is 0. The molecule has 2 aromatic rings. The van der Waals surface area contributed by atoms with E-state index in [-0.39, 0.29) is 18.1 Å². The quantitative estimate of drug-likeness (QED) is 0.715. The van der Waals surface area contributed by atoms with Gasteiger partial charge in [-0.1, -0.05) is 0 Å². The van der Waals surface area contributed by atoms with Gasteiger partial charge in [-0.05, 0) is 32.8 Å². The first-order chi connectivity index (χ1) is 13.4. The molecule has 2 aliphatic heterocycles. The van der Waals surface area contributed by atoms with Crippen LogP contribution in [0.3, 0.4) is 0 Å². The Hall–Kier alpha value is -2.52. The number of ether oxygens (including phenoxy) is 1. The maximum absolute atomic E-state index is 12.4. The van der Waals surface area contributed by atoms with Crippen LogP contribution in [0.4, 0.5) is 5.95 Å². The molecule has 1 spiro atoms. The highest BCUT2D eigenvalue weighted by molar-refractivity contribution is 5.92. The van der Waals surface area contributed by atoms with Crippen LogP contribution in [0.25, 0.3) is 0 Å². The predicted molar refractivity (Wildman–Crippen MR) is 102 cm³/mol. The fourth-order valence-corrected chi connectivity index (χ4v) is 4.13. The molecule has 0 saturated carbocycles. The number of hydrogen-bond donors (Lipinski definition) is 3. The van der Waals surface area contributed by atoms with Gasteiger partial charge in [0, 0.05) is 31.9 Å². The van der Waals surface area contributed by atoms with Gasteiger partial charge in [-0.25, -0.2) is 15.0 Å². The molecule has 2 atom stereocenters. The zero-order valence-electron chi connectivity index (χ0n) is 16.2. The highest BCUT2D eigenvalue weighted by Crippen LogP contribution is 2.40. The molecule has 0 radical (unpaired) electrons. The van der Waals surface area contributed by atoms with Crippen molar-refractivity contribution in [3.05, 3.63) is 36.2 Å². The molecule has 150 valence electrons. The summed E-state index contributed by atoms with van der Waals surface area (Å²) in [6, 6.07) is 1.32. The van der Waals surface area contributed by atoms with Crippen LogP contribution in [-0.2, 0) is 4.74 Å². The minimum atomic E-state index is -1.06. The molecule has 9 nitrogen and oxygen atoms in total. The summed E-state index contributed by atoms with van der Waals surface area (Å²) in [5, 5.41) is 14.0. The van der Waals surface area contributed by atoms with E-state index >= 15 is 0 Å². The van der Waals surface area contributed by atoms with Gasteiger partial charge < -0.3 is 25.0 Å². The molecule has 0 bridgehead atoms. The zero-order valence-corrected chi connectivity index (χ0v) is 16.2. The normalized spacial score (nSPS) is 27.0. The first-order valence-corrected chi connectivity index (χ1v) is 9.58. The number of hydrogen-bond acceptors (Lipinski definition) is 7. The van der Waals surface area contributed by atoms with Crippen molar-refractivity contribution in [3.8, 4) is 0 Å². The number of piperidine rings is 1. The van der Waals surface area contributed by atoms with Gasteiger partial charge in [-0.3, -0.25) is 4.79 Å². The van der Waals surface area contributed by atoms with Gasteiger partial charge >= 0.3 is 0 Å². The number of amides is 1. The van der Waals surface area contributed by atoms with Crippen molar-refractivity contribution >= 4 is 11.9 Å². The average Bonchev–Trinajstić information content (AvgIpc) is 3.12. The predicted octanol–water partition coefficient (Wildman–Crippen LogP) is 0.817. The minimum Gasteiger partial charge on any atom is -0.388 e. The lowest BCUT2D eigenvalue weighted by Gasteiger charge is -2.51. The van der Waals surface area contributed by atoms with Gasteiger partial charge in [0.05, 0.1) is 30.0 Å². The van der Waals surface area contributed by atoms with Crippen LogP contribution in [0.2, 0.25) is 0 Å². The number of imidazole rings is 1. The number of aliphatic hydroxyl groups is 1. The lowest BCUT2D eigenvalue weighted by atomic mass is 9.75. The van der Waals surface area contributed by atoms with Crippen molar-refractivity contribution in [2.75, 3.05) is 24.6 Å². The number of H-pyrrole nitrogens is 1. The molecule has 2 saturated heterocycles. The van der Waals surface area contributed by atoms with Crippen LogP contribution in [0, 0.1) is 6.92 Å². The number of nitrogens with one attached hydrogen (secondary N) is 2. The first kappa shape index (κ1) is 18.8. The van der Waals surface area contributed by atoms with Crippen molar-refractivity contribution in [2.24, 2.45) is 0 Å². The SMILES string of the molecule is Cc1ncc(C(=O)N[C@H]2COC3(CCN(c4ncccn4)CC3)C[C@]2(C)O)[nH]1. The summed E-state index contributed by atoms with van der Waals surface area (Å²) < 4.78 is 6.21. The Morgan fingerprint density at radius 1 is 1.32 bits per heavy atom. The number of aryl methyl sites for hydroxylation is 1. The Morgan fingerprint density at radius 2 is 2.04 bits per heavy atom. The third kappa shape index (κ3) is 3.72. The van der Waals surface area contributed by atoms with Crippen LogP contribution in [0.5, 0.6) is 0 Å². The molecule has 28 heavy (non-hydrogen) atoms. The van der Waals surface area contributed by atoms with Crippen LogP contribution in [0.1, 0.15) is 42.5 Å². The van der Waals surface area contributed by atoms with Gasteiger partial charge in [-0.2, -0.15) is 0 Å². The lowest BCUT2D eigenvalue weighted by molar-refractivity contribution is -0.176. The molecule has 2 aromatic heterocycles. The summed E-state index contributed by atoms with van der Waals surface area (Å²) in [5.41, 5.74) is -1.07. The second kappa shape index (κ2) is 7.14. The van der Waals surface area contributed by atoms with E-state index in [1.54, 1.807) is 32.3 Å². The average molecular weight is 386 g/mol. The molecule has 4 rings (SSSR count). The maximum Gasteiger partial charge on any atom is 0.269 e. The van der Waals surface area contributed by atoms with E-state index in [4.69, 9.17) is 4.74 Å². The lowest BCUT2D eigenvalue weighted by Crippen LogP contribution is -2.64. The molecule has 0 unspecified atom stereocenters. The molecule has 0 aromatic carbocycles. The number of nitrogens with zero attached hydrogens (tertiary/aromatic N) is 4. The van der Waals surface area contributed by atoms with Crippen LogP contribution >= 0.6 is 0 Å². The van der Waals surface area contributed by atoms with E-state index in [1.165, 1.54) is 6.20 Å². The second-order valence-electron chi connectivity index (χ2n) is 7.97. The monoisotopic (exact) mass is 386 g/mol. The number of aromatic nitrogens is 4. The van der Waals surface area contributed by atoms with Gasteiger partial charge in [0.25, 0.3) is 5.91 Å². The minimum absolute atomic E-state index is 0.272. The Bertz CT molecular complexity index is 829. The summed E-state index contributed by atoms with van der Waals surface area (Å²) in [6.07, 6.45) is 7.00. The van der Waals surface area contributed by atoms with Gasteiger partial charge in [-0.15, -0.1) is 0 Å². The molecule has 4 heterocycles. The second-order valence-corrected chi connectivity index (χ2v) is 7.97. The zero-order chi connectivity index (χ0) is 19.8. The van der Waals surface area contributed by atoms with E-state index in [9.17, 15) is 9.90 Å². The van der Waals surface area contributed by atoms with Crippen LogP contribution in [0.15, 0.2) is 24.7 Å². The molecular weight excluding hydrogens is 360 g/mol. The Labute approximate surface area is 163 Å². The molecule has 1 amide bonds. The van der Waals surface area contributed by atoms with Gasteiger partial charge in [0.2, 0.25) is 5.95 Å². The Balaban J connectivity index is 1.38. The smallest absolute Gasteiger partial charge is 0.269 e. The molecule has 3 N–H and O–H groups in total. The number of anilines is 1. The summed E-state index contributed by atoms with van der Waals surface area (Å²) in [6.45, 7) is 5.36. The third-order valence-corrected chi connectivity index (χ3v) is 5.75. The summed E-state index contributed by atoms with van der Waals surface area (Å²) in [4.78, 5) is 30.1. The fourth-order valence-electron chi connectivity index (χ4n) is 4.13. The summed E-state index contributed by atoms with van der Waals surface area (Å²) in [5.74, 6) is 1.10. The van der Waals surface area contributed by atoms with Crippen molar-refractivity contribution < 1.29 is 14.6 Å². The highest BCUT2D eigenvalue weighted by Gasteiger charge is 2.49. The molecule has 2 aliphatic rings. The Kier molecular flexibility index (Phi) is 4.80. The number of carbonyl (C=O) groups is 1. The van der Waals surface area contributed by atoms with Gasteiger partial charge in [0.15, 0.2) is 0 Å². The Morgan fingerprint density at radius 3 is 2.64 bits per heavy atom. The largest absolute Gasteiger partial charge is 0.388 e. The number of carbonyl (C=O) groups excluding carboxylic acids is 1. The molecular formula is C19H26N6O3. The van der Waals surface area contributed by atoms with Crippen LogP contribution in [-0.4, -0.2) is 67.9 Å². The standard InChI is InChI=1S/C19H26N6O3/c1-13-22-10-14(23-13)16(26)24-15-11-28-19(12-18(15,2)27)4-8-25(9-5-19)17-20-6-3-7-21-17/h3,6-7,10,15,27H,4-5,8-9,11-12H2,1-2H3,(H,22,23)(H,24,26)/t15-,18-/m0/s1. The fraction of sp³-hybridized carbons (Fsp3) is 0.579. The van der Waals surface area contributed by atoms with Crippen molar-refractivity contribution in [2.45, 2.75) is 50.4 Å². The topological polar surface area (TPSA) is 116 Å². The van der Waals surface area contributed by atoms with Crippen molar-refractivity contribution in [1.82, 2.24) is 25.3 Å². The highest BCUT2D eigenvalue weighted by atomic mass is 16.5. The molecule has 2 fully saturated rings. The van der Waals surface area contributed by atoms with Crippen molar-refractivity contribution in [3.63, 3.8) is 0 Å². The van der Waals surface area contributed by atoms with E-state index in [0.717, 1.165) is 31.9 Å². The van der Waals surface area contributed by atoms with E-state index in [2.05, 4.69) is 30.2 Å². The number of aromatic amines is 1. The van der Waals surface area contributed by atoms with E-state index in [0.29, 0.717) is 17.9 Å². The van der Waals surface area contributed by atoms with Gasteiger partial charge in [0.1, 0.15) is 11.5 Å². The van der Waals surface area contributed by atoms with E-state index < -0.39 is 11.6 Å². The molecule has 0 aliphatic carbocycles. The summed E-state index contributed by atoms with van der Waals surface area (Å²) >= 11 is 0.